The van der Waals surface area contributed by atoms with Gasteiger partial charge < -0.3 is 10.6 Å². The average Bonchev–Trinajstić information content (AvgIpc) is 2.61. The lowest BCUT2D eigenvalue weighted by molar-refractivity contribution is -0.146. The summed E-state index contributed by atoms with van der Waals surface area (Å²) >= 11 is 0. The van der Waals surface area contributed by atoms with Gasteiger partial charge in [-0.15, -0.1) is 0 Å². The molecule has 1 atom stereocenters. The number of nitrogens with zero attached hydrogens (tertiary/aromatic N) is 1. The number of hydrogen-bond acceptors (Lipinski definition) is 4. The number of carbonyl (C=O) groups excluding carboxylic acids is 2. The van der Waals surface area contributed by atoms with E-state index in [1.165, 1.54) is 0 Å². The molecule has 1 unspecified atom stereocenters. The van der Waals surface area contributed by atoms with Crippen LogP contribution in [0.25, 0.3) is 0 Å². The number of rotatable bonds is 2. The van der Waals surface area contributed by atoms with Gasteiger partial charge in [0.05, 0.1) is 0 Å². The van der Waals surface area contributed by atoms with E-state index in [-0.39, 0.29) is 5.71 Å². The maximum Gasteiger partial charge on any atom is 0.353 e. The Hall–Kier alpha value is -2.17. The van der Waals surface area contributed by atoms with Crippen molar-refractivity contribution in [2.45, 2.75) is 0 Å². The van der Waals surface area contributed by atoms with Crippen molar-refractivity contribution >= 4 is 17.6 Å². The summed E-state index contributed by atoms with van der Waals surface area (Å²) in [5, 5.41) is 3.56. The number of nitrogens with two attached hydrogens (primary N) is 1. The van der Waals surface area contributed by atoms with Gasteiger partial charge in [0.1, 0.15) is 5.71 Å². The van der Waals surface area contributed by atoms with Gasteiger partial charge in [-0.25, -0.2) is 4.79 Å². The minimum absolute atomic E-state index is 0.271. The van der Waals surface area contributed by atoms with Crippen LogP contribution in [0.4, 0.5) is 0 Å². The van der Waals surface area contributed by atoms with E-state index in [2.05, 4.69) is 9.99 Å². The van der Waals surface area contributed by atoms with E-state index in [9.17, 15) is 9.59 Å². The quantitative estimate of drug-likeness (QED) is 0.545. The van der Waals surface area contributed by atoms with Crippen molar-refractivity contribution in [2.75, 3.05) is 0 Å². The molecule has 76 valence electrons. The maximum absolute atomic E-state index is 11.2. The second-order valence-electron chi connectivity index (χ2n) is 3.09. The predicted octanol–water partition coefficient (Wildman–Crippen LogP) is 0.0490. The van der Waals surface area contributed by atoms with Gasteiger partial charge in [0.15, 0.2) is 5.92 Å². The largest absolute Gasteiger partial charge is 0.369 e. The molecule has 2 N–H and O–H groups in total. The summed E-state index contributed by atoms with van der Waals surface area (Å²) in [7, 11) is 0. The first-order valence-electron chi connectivity index (χ1n) is 4.33. The number of benzene rings is 1. The Kier molecular flexibility index (Phi) is 2.21. The zero-order valence-corrected chi connectivity index (χ0v) is 7.71. The number of amides is 1. The second kappa shape index (κ2) is 3.53. The SMILES string of the molecule is NC(=O)C1C(=O)ON=C1c1ccccc1. The van der Waals surface area contributed by atoms with Crippen LogP contribution in [-0.4, -0.2) is 17.6 Å². The van der Waals surface area contributed by atoms with Gasteiger partial charge in [-0.2, -0.15) is 0 Å². The number of hydrogen-bond donors (Lipinski definition) is 1. The highest BCUT2D eigenvalue weighted by molar-refractivity contribution is 6.25. The van der Waals surface area contributed by atoms with Gasteiger partial charge in [0.25, 0.3) is 0 Å². The monoisotopic (exact) mass is 204 g/mol. The van der Waals surface area contributed by atoms with Gasteiger partial charge in [0, 0.05) is 5.56 Å². The van der Waals surface area contributed by atoms with Crippen LogP contribution in [0.5, 0.6) is 0 Å². The van der Waals surface area contributed by atoms with Crippen molar-refractivity contribution in [3.63, 3.8) is 0 Å². The molecule has 1 aromatic rings. The van der Waals surface area contributed by atoms with Crippen LogP contribution in [0.3, 0.4) is 0 Å². The van der Waals surface area contributed by atoms with Gasteiger partial charge >= 0.3 is 5.97 Å². The third-order valence-electron chi connectivity index (χ3n) is 2.10. The van der Waals surface area contributed by atoms with Crippen LogP contribution in [0, 0.1) is 5.92 Å². The summed E-state index contributed by atoms with van der Waals surface area (Å²) in [4.78, 5) is 26.6. The van der Waals surface area contributed by atoms with Crippen molar-refractivity contribution in [1.82, 2.24) is 0 Å². The zero-order valence-electron chi connectivity index (χ0n) is 7.71. The van der Waals surface area contributed by atoms with Crippen molar-refractivity contribution in [1.29, 1.82) is 0 Å². The van der Waals surface area contributed by atoms with Crippen molar-refractivity contribution in [2.24, 2.45) is 16.8 Å². The zero-order chi connectivity index (χ0) is 10.8. The molecule has 1 aliphatic heterocycles. The highest BCUT2D eigenvalue weighted by atomic mass is 16.7. The molecule has 0 fully saturated rings. The molecule has 1 heterocycles. The molecule has 2 rings (SSSR count). The van der Waals surface area contributed by atoms with Gasteiger partial charge in [0.2, 0.25) is 5.91 Å². The Morgan fingerprint density at radius 1 is 1.33 bits per heavy atom. The fourth-order valence-electron chi connectivity index (χ4n) is 1.39. The molecule has 1 amide bonds. The standard InChI is InChI=1S/C10H8N2O3/c11-9(13)7-8(12-15-10(7)14)6-4-2-1-3-5-6/h1-5,7H,(H2,11,13). The van der Waals surface area contributed by atoms with Crippen molar-refractivity contribution in [3.8, 4) is 0 Å². The Balaban J connectivity index is 2.38. The smallest absolute Gasteiger partial charge is 0.353 e. The fraction of sp³-hybridized carbons (Fsp3) is 0.100. The van der Waals surface area contributed by atoms with E-state index >= 15 is 0 Å². The van der Waals surface area contributed by atoms with E-state index < -0.39 is 17.8 Å². The predicted molar refractivity (Wildman–Crippen MR) is 51.8 cm³/mol. The molecule has 1 aromatic carbocycles. The molecule has 5 heteroatoms. The molecule has 0 spiro atoms. The lowest BCUT2D eigenvalue weighted by Gasteiger charge is -2.03. The second-order valence-corrected chi connectivity index (χ2v) is 3.09. The van der Waals surface area contributed by atoms with E-state index in [1.807, 2.05) is 6.07 Å². The Labute approximate surface area is 85.5 Å². The Bertz CT molecular complexity index is 439. The topological polar surface area (TPSA) is 81.8 Å². The van der Waals surface area contributed by atoms with Crippen molar-refractivity contribution in [3.05, 3.63) is 35.9 Å². The van der Waals surface area contributed by atoms with Crippen LogP contribution < -0.4 is 5.73 Å². The summed E-state index contributed by atoms with van der Waals surface area (Å²) in [6, 6.07) is 8.84. The molecular weight excluding hydrogens is 196 g/mol. The highest BCUT2D eigenvalue weighted by Gasteiger charge is 2.38. The Morgan fingerprint density at radius 3 is 2.60 bits per heavy atom. The first-order valence-corrected chi connectivity index (χ1v) is 4.33. The van der Waals surface area contributed by atoms with Crippen molar-refractivity contribution < 1.29 is 14.4 Å². The van der Waals surface area contributed by atoms with Crippen LogP contribution in [0.1, 0.15) is 5.56 Å². The summed E-state index contributed by atoms with van der Waals surface area (Å²) in [5.41, 5.74) is 6.03. The Morgan fingerprint density at radius 2 is 2.00 bits per heavy atom. The molecule has 5 nitrogen and oxygen atoms in total. The van der Waals surface area contributed by atoms with E-state index in [1.54, 1.807) is 24.3 Å². The summed E-state index contributed by atoms with van der Waals surface area (Å²) < 4.78 is 0. The average molecular weight is 204 g/mol. The fourth-order valence-corrected chi connectivity index (χ4v) is 1.39. The molecule has 1 aliphatic rings. The summed E-state index contributed by atoms with van der Waals surface area (Å²) in [6.45, 7) is 0. The minimum atomic E-state index is -1.09. The van der Waals surface area contributed by atoms with Gasteiger partial charge in [-0.05, 0) is 0 Å². The first-order chi connectivity index (χ1) is 7.20. The molecule has 0 bridgehead atoms. The van der Waals surface area contributed by atoms with Crippen LogP contribution in [-0.2, 0) is 14.4 Å². The minimum Gasteiger partial charge on any atom is -0.369 e. The lowest BCUT2D eigenvalue weighted by atomic mass is 9.97. The van der Waals surface area contributed by atoms with E-state index in [4.69, 9.17) is 5.73 Å². The molecule has 15 heavy (non-hydrogen) atoms. The number of carbonyl (C=O) groups is 2. The van der Waals surface area contributed by atoms with Crippen LogP contribution in [0.15, 0.2) is 35.5 Å². The number of oxime groups is 1. The summed E-state index contributed by atoms with van der Waals surface area (Å²) in [6.07, 6.45) is 0. The molecular formula is C10H8N2O3. The normalized spacial score (nSPS) is 19.6. The van der Waals surface area contributed by atoms with Crippen LogP contribution >= 0.6 is 0 Å². The number of primary amides is 1. The maximum atomic E-state index is 11.2. The molecule has 0 saturated heterocycles. The third-order valence-corrected chi connectivity index (χ3v) is 2.10. The highest BCUT2D eigenvalue weighted by Crippen LogP contribution is 2.17. The molecule has 0 radical (unpaired) electrons. The third kappa shape index (κ3) is 1.59. The van der Waals surface area contributed by atoms with E-state index in [0.717, 1.165) is 0 Å². The first kappa shape index (κ1) is 9.39. The molecule has 0 saturated carbocycles. The molecule has 0 aromatic heterocycles. The van der Waals surface area contributed by atoms with Gasteiger partial charge in [-0.3, -0.25) is 4.79 Å². The molecule has 0 aliphatic carbocycles. The van der Waals surface area contributed by atoms with E-state index in [0.29, 0.717) is 5.56 Å². The van der Waals surface area contributed by atoms with Gasteiger partial charge in [-0.1, -0.05) is 35.5 Å². The van der Waals surface area contributed by atoms with Crippen LogP contribution in [0.2, 0.25) is 0 Å². The lowest BCUT2D eigenvalue weighted by Crippen LogP contribution is -2.33. The summed E-state index contributed by atoms with van der Waals surface area (Å²) in [5.74, 6) is -2.56.